The molecule has 0 aliphatic rings. The van der Waals surface area contributed by atoms with Gasteiger partial charge in [-0.3, -0.25) is 4.79 Å². The molecule has 1 rings (SSSR count). The summed E-state index contributed by atoms with van der Waals surface area (Å²) in [5.41, 5.74) is 0. The van der Waals surface area contributed by atoms with E-state index >= 15 is 0 Å². The topological polar surface area (TPSA) is 38.8 Å². The molecule has 0 aromatic carbocycles. The number of hydrogen-bond acceptors (Lipinski definition) is 4. The van der Waals surface area contributed by atoms with Crippen molar-refractivity contribution < 1.29 is 14.3 Å². The minimum Gasteiger partial charge on any atom is -0.382 e. The van der Waals surface area contributed by atoms with Gasteiger partial charge in [-0.1, -0.05) is 6.07 Å². The molecule has 1 heterocycles. The summed E-state index contributed by atoms with van der Waals surface area (Å²) in [7, 11) is 3.38. The highest BCUT2D eigenvalue weighted by Gasteiger charge is 2.09. The molecule has 90 valence electrons. The molecule has 0 unspecified atom stereocenters. The number of thiophene rings is 1. The normalized spacial score (nSPS) is 10.4. The van der Waals surface area contributed by atoms with Gasteiger partial charge in [-0.2, -0.15) is 0 Å². The first-order valence-electron chi connectivity index (χ1n) is 5.07. The predicted molar refractivity (Wildman–Crippen MR) is 63.5 cm³/mol. The molecule has 0 saturated carbocycles. The zero-order valence-electron chi connectivity index (χ0n) is 9.64. The molecule has 0 aliphatic heterocycles. The third kappa shape index (κ3) is 4.74. The summed E-state index contributed by atoms with van der Waals surface area (Å²) in [5, 5.41) is 2.00. The second kappa shape index (κ2) is 7.38. The first-order valence-corrected chi connectivity index (χ1v) is 5.95. The largest absolute Gasteiger partial charge is 0.382 e. The lowest BCUT2D eigenvalue weighted by Gasteiger charge is -2.16. The molecule has 0 aliphatic carbocycles. The molecule has 16 heavy (non-hydrogen) atoms. The lowest BCUT2D eigenvalue weighted by molar-refractivity contribution is -0.135. The minimum absolute atomic E-state index is 0.00972. The van der Waals surface area contributed by atoms with Crippen LogP contribution in [0, 0.1) is 0 Å². The van der Waals surface area contributed by atoms with E-state index in [9.17, 15) is 4.79 Å². The van der Waals surface area contributed by atoms with Crippen LogP contribution < -0.4 is 0 Å². The van der Waals surface area contributed by atoms with E-state index in [1.807, 2.05) is 17.5 Å². The highest BCUT2D eigenvalue weighted by atomic mass is 32.1. The van der Waals surface area contributed by atoms with Gasteiger partial charge in [0, 0.05) is 19.0 Å². The van der Waals surface area contributed by atoms with Gasteiger partial charge in [0.2, 0.25) is 5.91 Å². The molecule has 0 N–H and O–H groups in total. The summed E-state index contributed by atoms with van der Waals surface area (Å²) >= 11 is 1.65. The molecular weight excluding hydrogens is 226 g/mol. The van der Waals surface area contributed by atoms with Gasteiger partial charge in [0.05, 0.1) is 19.8 Å². The second-order valence-corrected chi connectivity index (χ2v) is 4.41. The van der Waals surface area contributed by atoms with Crippen LogP contribution in [0.1, 0.15) is 4.88 Å². The van der Waals surface area contributed by atoms with Gasteiger partial charge in [0.1, 0.15) is 6.61 Å². The fourth-order valence-electron chi connectivity index (χ4n) is 1.14. The van der Waals surface area contributed by atoms with Crippen molar-refractivity contribution in [1.82, 2.24) is 4.90 Å². The van der Waals surface area contributed by atoms with Gasteiger partial charge in [-0.05, 0) is 11.4 Å². The van der Waals surface area contributed by atoms with Crippen molar-refractivity contribution in [3.05, 3.63) is 22.4 Å². The molecule has 1 aromatic rings. The van der Waals surface area contributed by atoms with E-state index in [1.165, 1.54) is 4.88 Å². The monoisotopic (exact) mass is 243 g/mol. The average Bonchev–Trinajstić information content (AvgIpc) is 2.76. The molecular formula is C11H17NO3S. The lowest BCUT2D eigenvalue weighted by Crippen LogP contribution is -2.30. The number of ether oxygens (including phenoxy) is 2. The summed E-state index contributed by atoms with van der Waals surface area (Å²) in [6.07, 6.45) is 0. The highest BCUT2D eigenvalue weighted by Crippen LogP contribution is 2.10. The molecule has 0 fully saturated rings. The van der Waals surface area contributed by atoms with Crippen molar-refractivity contribution in [2.24, 2.45) is 0 Å². The molecule has 0 radical (unpaired) electrons. The molecule has 4 nitrogen and oxygen atoms in total. The van der Waals surface area contributed by atoms with Crippen LogP contribution in [0.15, 0.2) is 17.5 Å². The number of carbonyl (C=O) groups is 1. The van der Waals surface area contributed by atoms with E-state index in [0.29, 0.717) is 19.8 Å². The number of carbonyl (C=O) groups excluding carboxylic acids is 1. The van der Waals surface area contributed by atoms with E-state index in [2.05, 4.69) is 0 Å². The Labute approximate surface area is 99.8 Å². The lowest BCUT2D eigenvalue weighted by atomic mass is 10.4. The zero-order chi connectivity index (χ0) is 11.8. The maximum absolute atomic E-state index is 11.6. The Morgan fingerprint density at radius 2 is 2.31 bits per heavy atom. The van der Waals surface area contributed by atoms with Crippen LogP contribution in [0.3, 0.4) is 0 Å². The SMILES string of the molecule is COCCOCC(=O)N(C)Cc1cccs1. The summed E-state index contributed by atoms with van der Waals surface area (Å²) in [6.45, 7) is 1.73. The number of rotatable bonds is 7. The quantitative estimate of drug-likeness (QED) is 0.679. The third-order valence-corrected chi connectivity index (χ3v) is 2.92. The van der Waals surface area contributed by atoms with Crippen LogP contribution >= 0.6 is 11.3 Å². The van der Waals surface area contributed by atoms with E-state index in [0.717, 1.165) is 0 Å². The number of likely N-dealkylation sites (N-methyl/N-ethyl adjacent to an activating group) is 1. The Hall–Kier alpha value is -0.910. The van der Waals surface area contributed by atoms with Gasteiger partial charge < -0.3 is 14.4 Å². The van der Waals surface area contributed by atoms with Gasteiger partial charge >= 0.3 is 0 Å². The Bertz CT molecular complexity index is 300. The second-order valence-electron chi connectivity index (χ2n) is 3.37. The van der Waals surface area contributed by atoms with Gasteiger partial charge in [0.25, 0.3) is 0 Å². The van der Waals surface area contributed by atoms with Crippen LogP contribution in [0.4, 0.5) is 0 Å². The maximum Gasteiger partial charge on any atom is 0.248 e. The number of amides is 1. The van der Waals surface area contributed by atoms with Crippen molar-refractivity contribution >= 4 is 17.2 Å². The smallest absolute Gasteiger partial charge is 0.248 e. The Kier molecular flexibility index (Phi) is 6.07. The van der Waals surface area contributed by atoms with Gasteiger partial charge in [-0.25, -0.2) is 0 Å². The van der Waals surface area contributed by atoms with Crippen LogP contribution in [-0.2, 0) is 20.8 Å². The van der Waals surface area contributed by atoms with Crippen LogP contribution in [0.2, 0.25) is 0 Å². The third-order valence-electron chi connectivity index (χ3n) is 2.06. The number of methoxy groups -OCH3 is 1. The zero-order valence-corrected chi connectivity index (χ0v) is 10.5. The first-order chi connectivity index (χ1) is 7.74. The van der Waals surface area contributed by atoms with Crippen LogP contribution in [0.25, 0.3) is 0 Å². The summed E-state index contributed by atoms with van der Waals surface area (Å²) in [6, 6.07) is 3.99. The Balaban J connectivity index is 2.20. The van der Waals surface area contributed by atoms with E-state index in [-0.39, 0.29) is 12.5 Å². The van der Waals surface area contributed by atoms with Crippen molar-refractivity contribution in [2.75, 3.05) is 34.0 Å². The molecule has 0 bridgehead atoms. The molecule has 0 saturated heterocycles. The molecule has 5 heteroatoms. The highest BCUT2D eigenvalue weighted by molar-refractivity contribution is 7.09. The van der Waals surface area contributed by atoms with Crippen molar-refractivity contribution in [1.29, 1.82) is 0 Å². The van der Waals surface area contributed by atoms with E-state index < -0.39 is 0 Å². The van der Waals surface area contributed by atoms with E-state index in [4.69, 9.17) is 9.47 Å². The van der Waals surface area contributed by atoms with Crippen molar-refractivity contribution in [2.45, 2.75) is 6.54 Å². The predicted octanol–water partition coefficient (Wildman–Crippen LogP) is 1.37. The van der Waals surface area contributed by atoms with E-state index in [1.54, 1.807) is 30.4 Å². The Morgan fingerprint density at radius 1 is 1.50 bits per heavy atom. The molecule has 1 aromatic heterocycles. The number of hydrogen-bond donors (Lipinski definition) is 0. The molecule has 0 spiro atoms. The fraction of sp³-hybridized carbons (Fsp3) is 0.545. The van der Waals surface area contributed by atoms with Crippen molar-refractivity contribution in [3.63, 3.8) is 0 Å². The van der Waals surface area contributed by atoms with Crippen molar-refractivity contribution in [3.8, 4) is 0 Å². The summed E-state index contributed by atoms with van der Waals surface area (Å²) < 4.78 is 9.98. The maximum atomic E-state index is 11.6. The van der Waals surface area contributed by atoms with Crippen LogP contribution in [-0.4, -0.2) is 44.8 Å². The average molecular weight is 243 g/mol. The van der Waals surface area contributed by atoms with Gasteiger partial charge in [-0.15, -0.1) is 11.3 Å². The molecule has 0 atom stereocenters. The van der Waals surface area contributed by atoms with Gasteiger partial charge in [0.15, 0.2) is 0 Å². The summed E-state index contributed by atoms with van der Waals surface area (Å²) in [4.78, 5) is 14.4. The minimum atomic E-state index is -0.00972. The first kappa shape index (κ1) is 13.2. The molecule has 1 amide bonds. The fourth-order valence-corrected chi connectivity index (χ4v) is 1.89. The summed E-state index contributed by atoms with van der Waals surface area (Å²) in [5.74, 6) is -0.00972. The number of nitrogens with zero attached hydrogens (tertiary/aromatic N) is 1. The van der Waals surface area contributed by atoms with Crippen LogP contribution in [0.5, 0.6) is 0 Å². The standard InChI is InChI=1S/C11H17NO3S/c1-12(8-10-4-3-7-16-10)11(13)9-15-6-5-14-2/h3-4,7H,5-6,8-9H2,1-2H3. The Morgan fingerprint density at radius 3 is 2.94 bits per heavy atom.